The molecule has 1 unspecified atom stereocenters. The monoisotopic (exact) mass is 517 g/mol. The molecule has 38 heavy (non-hydrogen) atoms. The van der Waals surface area contributed by atoms with Gasteiger partial charge in [0, 0.05) is 12.1 Å². The van der Waals surface area contributed by atoms with Gasteiger partial charge in [0.25, 0.3) is 11.7 Å². The average Bonchev–Trinajstić information content (AvgIpc) is 3.17. The van der Waals surface area contributed by atoms with Gasteiger partial charge in [-0.15, -0.1) is 0 Å². The van der Waals surface area contributed by atoms with Gasteiger partial charge in [0.15, 0.2) is 0 Å². The SMILES string of the molecule is COc1ccc(C2/C(=C(/O)c3ccc4ccccc4c3)C(=O)C(=O)N2Cc2cccc(C(F)(F)F)c2)cc1. The van der Waals surface area contributed by atoms with Crippen LogP contribution in [0.3, 0.4) is 0 Å². The number of likely N-dealkylation sites (tertiary alicyclic amines) is 1. The number of Topliss-reactive ketones (excluding diaryl/α,β-unsaturated/α-hetero) is 1. The van der Waals surface area contributed by atoms with Gasteiger partial charge in [0.2, 0.25) is 0 Å². The first kappa shape index (κ1) is 25.1. The van der Waals surface area contributed by atoms with Crippen LogP contribution in [0, 0.1) is 0 Å². The summed E-state index contributed by atoms with van der Waals surface area (Å²) in [6.07, 6.45) is -4.56. The number of carbonyl (C=O) groups excluding carboxylic acids is 2. The second-order valence-electron chi connectivity index (χ2n) is 8.96. The van der Waals surface area contributed by atoms with Crippen LogP contribution in [0.5, 0.6) is 5.75 Å². The third-order valence-electron chi connectivity index (χ3n) is 6.60. The highest BCUT2D eigenvalue weighted by molar-refractivity contribution is 6.46. The number of amides is 1. The molecule has 1 fully saturated rings. The summed E-state index contributed by atoms with van der Waals surface area (Å²) in [6, 6.07) is 22.9. The Morgan fingerprint density at radius 3 is 2.29 bits per heavy atom. The Balaban J connectivity index is 1.63. The van der Waals surface area contributed by atoms with Crippen LogP contribution in [0.15, 0.2) is 96.6 Å². The van der Waals surface area contributed by atoms with Crippen molar-refractivity contribution < 1.29 is 32.6 Å². The lowest BCUT2D eigenvalue weighted by Crippen LogP contribution is -2.29. The summed E-state index contributed by atoms with van der Waals surface area (Å²) in [5.74, 6) is -1.64. The van der Waals surface area contributed by atoms with Gasteiger partial charge in [0.05, 0.1) is 24.3 Å². The number of aliphatic hydroxyl groups is 1. The second kappa shape index (κ2) is 9.70. The molecule has 4 aromatic carbocycles. The van der Waals surface area contributed by atoms with Crippen molar-refractivity contribution >= 4 is 28.2 Å². The van der Waals surface area contributed by atoms with Gasteiger partial charge in [-0.05, 0) is 52.2 Å². The van der Waals surface area contributed by atoms with Crippen LogP contribution in [0.2, 0.25) is 0 Å². The molecule has 0 spiro atoms. The number of ketones is 1. The van der Waals surface area contributed by atoms with E-state index in [4.69, 9.17) is 4.74 Å². The molecule has 0 radical (unpaired) electrons. The van der Waals surface area contributed by atoms with Crippen LogP contribution >= 0.6 is 0 Å². The summed E-state index contributed by atoms with van der Waals surface area (Å²) in [7, 11) is 1.49. The van der Waals surface area contributed by atoms with Crippen molar-refractivity contribution in [3.8, 4) is 5.75 Å². The molecule has 1 saturated heterocycles. The topological polar surface area (TPSA) is 66.8 Å². The van der Waals surface area contributed by atoms with E-state index in [1.165, 1.54) is 24.1 Å². The van der Waals surface area contributed by atoms with Crippen molar-refractivity contribution in [2.75, 3.05) is 7.11 Å². The standard InChI is InChI=1S/C30H22F3NO4/c1-38-24-13-11-20(12-14-24)26-25(27(35)22-10-9-19-6-2-3-7-21(19)16-22)28(36)29(37)34(26)17-18-5-4-8-23(15-18)30(31,32)33/h2-16,26,35H,17H2,1H3/b27-25-. The highest BCUT2D eigenvalue weighted by atomic mass is 19.4. The number of rotatable bonds is 5. The van der Waals surface area contributed by atoms with Gasteiger partial charge in [-0.3, -0.25) is 9.59 Å². The zero-order valence-corrected chi connectivity index (χ0v) is 20.2. The minimum absolute atomic E-state index is 0.137. The van der Waals surface area contributed by atoms with Crippen LogP contribution in [0.25, 0.3) is 16.5 Å². The van der Waals surface area contributed by atoms with Crippen molar-refractivity contribution in [1.29, 1.82) is 0 Å². The van der Waals surface area contributed by atoms with Crippen molar-refractivity contribution in [2.45, 2.75) is 18.8 Å². The second-order valence-corrected chi connectivity index (χ2v) is 8.96. The molecule has 0 bridgehead atoms. The summed E-state index contributed by atoms with van der Waals surface area (Å²) >= 11 is 0. The van der Waals surface area contributed by atoms with Gasteiger partial charge < -0.3 is 14.7 Å². The summed E-state index contributed by atoms with van der Waals surface area (Å²) in [4.78, 5) is 27.7. The number of methoxy groups -OCH3 is 1. The zero-order valence-electron chi connectivity index (χ0n) is 20.2. The Morgan fingerprint density at radius 1 is 0.895 bits per heavy atom. The van der Waals surface area contributed by atoms with Crippen LogP contribution in [0.4, 0.5) is 13.2 Å². The molecule has 5 rings (SSSR count). The molecule has 0 aromatic heterocycles. The zero-order chi connectivity index (χ0) is 27.0. The molecular weight excluding hydrogens is 495 g/mol. The summed E-state index contributed by atoms with van der Waals surface area (Å²) < 4.78 is 45.1. The largest absolute Gasteiger partial charge is 0.507 e. The van der Waals surface area contributed by atoms with Crippen molar-refractivity contribution in [3.63, 3.8) is 0 Å². The molecule has 5 nitrogen and oxygen atoms in total. The van der Waals surface area contributed by atoms with Crippen LogP contribution < -0.4 is 4.74 Å². The van der Waals surface area contributed by atoms with E-state index in [-0.39, 0.29) is 23.4 Å². The maximum absolute atomic E-state index is 13.3. The van der Waals surface area contributed by atoms with Crippen molar-refractivity contribution in [1.82, 2.24) is 4.90 Å². The first-order chi connectivity index (χ1) is 18.2. The molecule has 1 aliphatic rings. The van der Waals surface area contributed by atoms with E-state index in [2.05, 4.69) is 0 Å². The summed E-state index contributed by atoms with van der Waals surface area (Å²) in [6.45, 7) is -0.264. The molecule has 0 saturated carbocycles. The number of fused-ring (bicyclic) bond motifs is 1. The lowest BCUT2D eigenvalue weighted by atomic mass is 9.94. The predicted octanol–water partition coefficient (Wildman–Crippen LogP) is 6.49. The fraction of sp³-hybridized carbons (Fsp3) is 0.133. The number of benzene rings is 4. The summed E-state index contributed by atoms with van der Waals surface area (Å²) in [5.41, 5.74) is 0.0516. The number of halogens is 3. The Morgan fingerprint density at radius 2 is 1.61 bits per heavy atom. The number of hydrogen-bond acceptors (Lipinski definition) is 4. The first-order valence-electron chi connectivity index (χ1n) is 11.7. The number of ether oxygens (including phenoxy) is 1. The Kier molecular flexibility index (Phi) is 6.40. The number of carbonyl (C=O) groups is 2. The van der Waals surface area contributed by atoms with E-state index in [1.807, 2.05) is 24.3 Å². The van der Waals surface area contributed by atoms with E-state index in [0.29, 0.717) is 16.9 Å². The predicted molar refractivity (Wildman–Crippen MR) is 136 cm³/mol. The molecule has 192 valence electrons. The fourth-order valence-corrected chi connectivity index (χ4v) is 4.71. The molecule has 1 atom stereocenters. The van der Waals surface area contributed by atoms with Gasteiger partial charge in [0.1, 0.15) is 11.5 Å². The summed E-state index contributed by atoms with van der Waals surface area (Å²) in [5, 5.41) is 13.1. The quantitative estimate of drug-likeness (QED) is 0.187. The number of alkyl halides is 3. The lowest BCUT2D eigenvalue weighted by molar-refractivity contribution is -0.140. The number of nitrogens with zero attached hydrogens (tertiary/aromatic N) is 1. The van der Waals surface area contributed by atoms with E-state index in [1.54, 1.807) is 42.5 Å². The number of aliphatic hydroxyl groups excluding tert-OH is 1. The van der Waals surface area contributed by atoms with E-state index >= 15 is 0 Å². The van der Waals surface area contributed by atoms with E-state index in [0.717, 1.165) is 22.9 Å². The van der Waals surface area contributed by atoms with Crippen molar-refractivity contribution in [3.05, 3.63) is 119 Å². The molecule has 1 aliphatic heterocycles. The maximum atomic E-state index is 13.3. The normalized spacial score (nSPS) is 17.3. The van der Waals surface area contributed by atoms with Crippen LogP contribution in [-0.2, 0) is 22.3 Å². The Hall–Kier alpha value is -4.59. The smallest absolute Gasteiger partial charge is 0.416 e. The highest BCUT2D eigenvalue weighted by Crippen LogP contribution is 2.41. The first-order valence-corrected chi connectivity index (χ1v) is 11.7. The maximum Gasteiger partial charge on any atom is 0.416 e. The van der Waals surface area contributed by atoms with E-state index in [9.17, 15) is 27.9 Å². The van der Waals surface area contributed by atoms with Crippen molar-refractivity contribution in [2.24, 2.45) is 0 Å². The molecule has 0 aliphatic carbocycles. The van der Waals surface area contributed by atoms with Crippen LogP contribution in [0.1, 0.15) is 28.3 Å². The van der Waals surface area contributed by atoms with Gasteiger partial charge in [-0.25, -0.2) is 0 Å². The highest BCUT2D eigenvalue weighted by Gasteiger charge is 2.46. The minimum Gasteiger partial charge on any atom is -0.507 e. The number of hydrogen-bond donors (Lipinski definition) is 1. The van der Waals surface area contributed by atoms with Gasteiger partial charge in [-0.2, -0.15) is 13.2 Å². The average molecular weight is 518 g/mol. The third kappa shape index (κ3) is 4.61. The molecule has 4 aromatic rings. The molecular formula is C30H22F3NO4. The Labute approximate surface area is 216 Å². The van der Waals surface area contributed by atoms with Gasteiger partial charge >= 0.3 is 6.18 Å². The third-order valence-corrected chi connectivity index (χ3v) is 6.60. The molecule has 1 heterocycles. The molecule has 1 N–H and O–H groups in total. The molecule has 8 heteroatoms. The lowest BCUT2D eigenvalue weighted by Gasteiger charge is -2.26. The van der Waals surface area contributed by atoms with Gasteiger partial charge in [-0.1, -0.05) is 60.7 Å². The van der Waals surface area contributed by atoms with E-state index < -0.39 is 29.5 Å². The Bertz CT molecular complexity index is 1570. The minimum atomic E-state index is -4.56. The fourth-order valence-electron chi connectivity index (χ4n) is 4.71. The molecule has 1 amide bonds. The van der Waals surface area contributed by atoms with Crippen LogP contribution in [-0.4, -0.2) is 28.8 Å².